The van der Waals surface area contributed by atoms with Crippen LogP contribution in [0.25, 0.3) is 0 Å². The van der Waals surface area contributed by atoms with Crippen LogP contribution in [-0.2, 0) is 4.79 Å². The molecule has 1 aliphatic heterocycles. The Balaban J connectivity index is 1.87. The van der Waals surface area contributed by atoms with E-state index in [2.05, 4.69) is 13.8 Å². The van der Waals surface area contributed by atoms with Crippen molar-refractivity contribution < 1.29 is 9.90 Å². The summed E-state index contributed by atoms with van der Waals surface area (Å²) in [5.41, 5.74) is 0.418. The zero-order valence-electron chi connectivity index (χ0n) is 10.4. The number of β-amino-alcohol motifs (C(OH)–C–C–N with tert-alkyl or cyclic N) is 1. The first-order valence-corrected chi connectivity index (χ1v) is 6.45. The van der Waals surface area contributed by atoms with Crippen LogP contribution in [0.5, 0.6) is 0 Å². The van der Waals surface area contributed by atoms with Gasteiger partial charge in [-0.05, 0) is 37.5 Å². The Bertz CT molecular complexity index is 265. The molecule has 0 aromatic heterocycles. The van der Waals surface area contributed by atoms with E-state index in [9.17, 15) is 9.90 Å². The van der Waals surface area contributed by atoms with Crippen LogP contribution in [0, 0.1) is 11.3 Å². The molecule has 3 heteroatoms. The SMILES string of the molecule is CC1(C)CCC(C(=O)N2CC[C@@H](O)C2)CC1. The van der Waals surface area contributed by atoms with Crippen molar-refractivity contribution in [1.29, 1.82) is 0 Å². The van der Waals surface area contributed by atoms with Crippen molar-refractivity contribution in [3.63, 3.8) is 0 Å². The maximum absolute atomic E-state index is 12.2. The largest absolute Gasteiger partial charge is 0.391 e. The van der Waals surface area contributed by atoms with E-state index in [0.717, 1.165) is 38.6 Å². The molecule has 1 saturated carbocycles. The molecule has 92 valence electrons. The Morgan fingerprint density at radius 2 is 1.88 bits per heavy atom. The van der Waals surface area contributed by atoms with Gasteiger partial charge in [0.1, 0.15) is 0 Å². The van der Waals surface area contributed by atoms with Crippen LogP contribution < -0.4 is 0 Å². The number of likely N-dealkylation sites (tertiary alicyclic amines) is 1. The van der Waals surface area contributed by atoms with Crippen LogP contribution in [0.4, 0.5) is 0 Å². The molecule has 2 aliphatic rings. The highest BCUT2D eigenvalue weighted by molar-refractivity contribution is 5.79. The summed E-state index contributed by atoms with van der Waals surface area (Å²) in [6.45, 7) is 5.87. The van der Waals surface area contributed by atoms with E-state index in [0.29, 0.717) is 12.0 Å². The van der Waals surface area contributed by atoms with Gasteiger partial charge in [0.05, 0.1) is 6.10 Å². The minimum Gasteiger partial charge on any atom is -0.391 e. The van der Waals surface area contributed by atoms with Gasteiger partial charge in [0.2, 0.25) is 5.91 Å². The van der Waals surface area contributed by atoms with E-state index < -0.39 is 0 Å². The van der Waals surface area contributed by atoms with Crippen molar-refractivity contribution in [2.75, 3.05) is 13.1 Å². The van der Waals surface area contributed by atoms with Crippen molar-refractivity contribution >= 4 is 5.91 Å². The van der Waals surface area contributed by atoms with Gasteiger partial charge in [0.25, 0.3) is 0 Å². The smallest absolute Gasteiger partial charge is 0.225 e. The third-order valence-corrected chi connectivity index (χ3v) is 4.16. The Hall–Kier alpha value is -0.570. The van der Waals surface area contributed by atoms with E-state index in [1.807, 2.05) is 4.90 Å². The second-order valence-electron chi connectivity index (χ2n) is 6.17. The normalized spacial score (nSPS) is 30.7. The maximum atomic E-state index is 12.2. The van der Waals surface area contributed by atoms with Gasteiger partial charge in [0, 0.05) is 19.0 Å². The molecular formula is C13H23NO2. The number of nitrogens with zero attached hydrogens (tertiary/aromatic N) is 1. The van der Waals surface area contributed by atoms with Crippen molar-refractivity contribution in [2.24, 2.45) is 11.3 Å². The molecule has 16 heavy (non-hydrogen) atoms. The predicted molar refractivity (Wildman–Crippen MR) is 62.9 cm³/mol. The molecule has 1 aliphatic carbocycles. The summed E-state index contributed by atoms with van der Waals surface area (Å²) in [5.74, 6) is 0.505. The van der Waals surface area contributed by atoms with Crippen LogP contribution in [-0.4, -0.2) is 35.1 Å². The fourth-order valence-corrected chi connectivity index (χ4v) is 2.85. The predicted octanol–water partition coefficient (Wildman–Crippen LogP) is 1.80. The number of hydrogen-bond acceptors (Lipinski definition) is 2. The van der Waals surface area contributed by atoms with Gasteiger partial charge >= 0.3 is 0 Å². The minimum absolute atomic E-state index is 0.221. The van der Waals surface area contributed by atoms with Gasteiger partial charge in [-0.25, -0.2) is 0 Å². The zero-order chi connectivity index (χ0) is 11.8. The lowest BCUT2D eigenvalue weighted by Gasteiger charge is -2.35. The second-order valence-corrected chi connectivity index (χ2v) is 6.17. The molecule has 3 nitrogen and oxygen atoms in total. The molecule has 0 aromatic carbocycles. The van der Waals surface area contributed by atoms with E-state index in [4.69, 9.17) is 0 Å². The van der Waals surface area contributed by atoms with Crippen molar-refractivity contribution in [3.8, 4) is 0 Å². The highest BCUT2D eigenvalue weighted by Crippen LogP contribution is 2.38. The number of amides is 1. The Labute approximate surface area is 97.8 Å². The van der Waals surface area contributed by atoms with Crippen molar-refractivity contribution in [3.05, 3.63) is 0 Å². The van der Waals surface area contributed by atoms with E-state index >= 15 is 0 Å². The first kappa shape index (κ1) is 11.9. The maximum Gasteiger partial charge on any atom is 0.225 e. The van der Waals surface area contributed by atoms with Crippen molar-refractivity contribution in [2.45, 2.75) is 52.1 Å². The molecule has 0 aromatic rings. The topological polar surface area (TPSA) is 40.5 Å². The lowest BCUT2D eigenvalue weighted by molar-refractivity contribution is -0.136. The summed E-state index contributed by atoms with van der Waals surface area (Å²) in [7, 11) is 0. The quantitative estimate of drug-likeness (QED) is 0.739. The molecule has 1 atom stereocenters. The average Bonchev–Trinajstić information content (AvgIpc) is 2.64. The molecule has 0 spiro atoms. The molecule has 0 unspecified atom stereocenters. The summed E-state index contributed by atoms with van der Waals surface area (Å²) in [4.78, 5) is 14.0. The van der Waals surface area contributed by atoms with Gasteiger partial charge in [-0.1, -0.05) is 13.8 Å². The molecule has 1 amide bonds. The van der Waals surface area contributed by atoms with Gasteiger partial charge in [0.15, 0.2) is 0 Å². The highest BCUT2D eigenvalue weighted by Gasteiger charge is 2.34. The summed E-state index contributed by atoms with van der Waals surface area (Å²) in [6.07, 6.45) is 4.82. The van der Waals surface area contributed by atoms with Gasteiger partial charge in [-0.2, -0.15) is 0 Å². The number of carbonyl (C=O) groups is 1. The fraction of sp³-hybridized carbons (Fsp3) is 0.923. The van der Waals surface area contributed by atoms with Crippen molar-refractivity contribution in [1.82, 2.24) is 4.90 Å². The number of aliphatic hydroxyl groups is 1. The summed E-state index contributed by atoms with van der Waals surface area (Å²) < 4.78 is 0. The van der Waals surface area contributed by atoms with Gasteiger partial charge in [-0.15, -0.1) is 0 Å². The third-order valence-electron chi connectivity index (χ3n) is 4.16. The molecule has 1 heterocycles. The number of aliphatic hydroxyl groups excluding tert-OH is 1. The fourth-order valence-electron chi connectivity index (χ4n) is 2.85. The van der Waals surface area contributed by atoms with Crippen LogP contribution in [0.2, 0.25) is 0 Å². The molecule has 0 radical (unpaired) electrons. The van der Waals surface area contributed by atoms with E-state index in [1.54, 1.807) is 0 Å². The van der Waals surface area contributed by atoms with Crippen LogP contribution >= 0.6 is 0 Å². The second kappa shape index (κ2) is 4.36. The highest BCUT2D eigenvalue weighted by atomic mass is 16.3. The molecular weight excluding hydrogens is 202 g/mol. The van der Waals surface area contributed by atoms with Crippen LogP contribution in [0.1, 0.15) is 46.0 Å². The number of carbonyl (C=O) groups excluding carboxylic acids is 1. The molecule has 1 saturated heterocycles. The first-order valence-electron chi connectivity index (χ1n) is 6.45. The lowest BCUT2D eigenvalue weighted by atomic mass is 9.73. The summed E-state index contributed by atoms with van der Waals surface area (Å²) in [5, 5.41) is 9.44. The van der Waals surface area contributed by atoms with Gasteiger partial charge < -0.3 is 10.0 Å². The molecule has 1 N–H and O–H groups in total. The molecule has 2 rings (SSSR count). The van der Waals surface area contributed by atoms with E-state index in [1.165, 1.54) is 0 Å². The Morgan fingerprint density at radius 3 is 2.38 bits per heavy atom. The first-order chi connectivity index (χ1) is 7.48. The lowest BCUT2D eigenvalue weighted by Crippen LogP contribution is -2.37. The van der Waals surface area contributed by atoms with Gasteiger partial charge in [-0.3, -0.25) is 4.79 Å². The number of rotatable bonds is 1. The third kappa shape index (κ3) is 2.57. The van der Waals surface area contributed by atoms with Crippen LogP contribution in [0.15, 0.2) is 0 Å². The Kier molecular flexibility index (Phi) is 3.24. The summed E-state index contributed by atoms with van der Waals surface area (Å²) in [6, 6.07) is 0. The minimum atomic E-state index is -0.288. The monoisotopic (exact) mass is 225 g/mol. The van der Waals surface area contributed by atoms with E-state index in [-0.39, 0.29) is 17.9 Å². The zero-order valence-corrected chi connectivity index (χ0v) is 10.4. The Morgan fingerprint density at radius 1 is 1.25 bits per heavy atom. The molecule has 2 fully saturated rings. The summed E-state index contributed by atoms with van der Waals surface area (Å²) >= 11 is 0. The van der Waals surface area contributed by atoms with Crippen LogP contribution in [0.3, 0.4) is 0 Å². The average molecular weight is 225 g/mol. The number of hydrogen-bond donors (Lipinski definition) is 1. The standard InChI is InChI=1S/C13H23NO2/c1-13(2)6-3-10(4-7-13)12(16)14-8-5-11(15)9-14/h10-11,15H,3-9H2,1-2H3/t11-/m1/s1. The molecule has 0 bridgehead atoms.